The third kappa shape index (κ3) is 4.75. The summed E-state index contributed by atoms with van der Waals surface area (Å²) in [5.41, 5.74) is 1.21. The van der Waals surface area contributed by atoms with E-state index in [1.807, 2.05) is 18.2 Å². The Hall–Kier alpha value is -1.55. The van der Waals surface area contributed by atoms with E-state index >= 15 is 0 Å². The van der Waals surface area contributed by atoms with Gasteiger partial charge in [-0.2, -0.15) is 0 Å². The van der Waals surface area contributed by atoms with Crippen LogP contribution in [0.2, 0.25) is 0 Å². The number of ether oxygens (including phenoxy) is 1. The Morgan fingerprint density at radius 1 is 1.50 bits per heavy atom. The van der Waals surface area contributed by atoms with E-state index in [1.54, 1.807) is 0 Å². The van der Waals surface area contributed by atoms with Gasteiger partial charge in [0.25, 0.3) is 5.91 Å². The minimum Gasteiger partial charge on any atom is -0.484 e. The predicted octanol–water partition coefficient (Wildman–Crippen LogP) is 1.69. The van der Waals surface area contributed by atoms with Crippen LogP contribution in [0.25, 0.3) is 0 Å². The van der Waals surface area contributed by atoms with E-state index < -0.39 is 0 Å². The molecule has 1 aromatic carbocycles. The van der Waals surface area contributed by atoms with Gasteiger partial charge in [-0.3, -0.25) is 4.79 Å². The number of aliphatic hydroxyl groups is 1. The van der Waals surface area contributed by atoms with Crippen molar-refractivity contribution < 1.29 is 14.6 Å². The zero-order valence-electron chi connectivity index (χ0n) is 11.0. The van der Waals surface area contributed by atoms with Gasteiger partial charge in [0.1, 0.15) is 5.75 Å². The molecule has 0 aromatic heterocycles. The first-order valence-electron chi connectivity index (χ1n) is 6.27. The first-order valence-corrected chi connectivity index (χ1v) is 6.27. The van der Waals surface area contributed by atoms with Crippen LogP contribution in [-0.2, 0) is 4.79 Å². The number of carbonyl (C=O) groups excluding carboxylic acids is 1. The van der Waals surface area contributed by atoms with Crippen LogP contribution in [0.5, 0.6) is 5.75 Å². The lowest BCUT2D eigenvalue weighted by Crippen LogP contribution is -2.31. The fourth-order valence-electron chi connectivity index (χ4n) is 1.54. The Labute approximate surface area is 108 Å². The lowest BCUT2D eigenvalue weighted by molar-refractivity contribution is -0.123. The minimum absolute atomic E-state index is 0.0238. The number of hydrogen-bond acceptors (Lipinski definition) is 3. The van der Waals surface area contributed by atoms with Crippen molar-refractivity contribution in [1.29, 1.82) is 0 Å². The summed E-state index contributed by atoms with van der Waals surface area (Å²) in [6.45, 7) is 4.47. The van der Waals surface area contributed by atoms with Crippen LogP contribution in [0.3, 0.4) is 0 Å². The van der Waals surface area contributed by atoms with Crippen molar-refractivity contribution in [2.75, 3.05) is 19.8 Å². The molecule has 0 spiro atoms. The monoisotopic (exact) mass is 251 g/mol. The summed E-state index contributed by atoms with van der Waals surface area (Å²) in [5.74, 6) is 0.960. The smallest absolute Gasteiger partial charge is 0.258 e. The van der Waals surface area contributed by atoms with E-state index in [1.165, 1.54) is 5.56 Å². The van der Waals surface area contributed by atoms with Crippen LogP contribution in [0.1, 0.15) is 31.7 Å². The Balaban J connectivity index is 2.49. The van der Waals surface area contributed by atoms with Crippen molar-refractivity contribution in [3.05, 3.63) is 29.8 Å². The van der Waals surface area contributed by atoms with Gasteiger partial charge in [0.15, 0.2) is 6.61 Å². The molecule has 1 atom stereocenters. The summed E-state index contributed by atoms with van der Waals surface area (Å²) in [6, 6.07) is 7.80. The average molecular weight is 251 g/mol. The summed E-state index contributed by atoms with van der Waals surface area (Å²) >= 11 is 0. The molecule has 1 rings (SSSR count). The van der Waals surface area contributed by atoms with Crippen molar-refractivity contribution in [1.82, 2.24) is 5.32 Å². The maximum Gasteiger partial charge on any atom is 0.258 e. The molecule has 0 bridgehead atoms. The van der Waals surface area contributed by atoms with Crippen LogP contribution in [0.15, 0.2) is 24.3 Å². The fraction of sp³-hybridized carbons (Fsp3) is 0.500. The number of benzene rings is 1. The fourth-order valence-corrected chi connectivity index (χ4v) is 1.54. The highest BCUT2D eigenvalue weighted by Crippen LogP contribution is 2.22. The second-order valence-corrected chi connectivity index (χ2v) is 4.24. The van der Waals surface area contributed by atoms with E-state index in [0.29, 0.717) is 11.7 Å². The Morgan fingerprint density at radius 2 is 2.28 bits per heavy atom. The lowest BCUT2D eigenvalue weighted by Gasteiger charge is -2.11. The molecule has 0 radical (unpaired) electrons. The number of aliphatic hydroxyl groups excluding tert-OH is 1. The van der Waals surface area contributed by atoms with Crippen LogP contribution in [0.4, 0.5) is 0 Å². The number of nitrogens with one attached hydrogen (secondary N) is 1. The van der Waals surface area contributed by atoms with Crippen LogP contribution < -0.4 is 10.1 Å². The Morgan fingerprint density at radius 3 is 2.94 bits per heavy atom. The van der Waals surface area contributed by atoms with E-state index in [0.717, 1.165) is 6.42 Å². The molecule has 4 heteroatoms. The normalized spacial score (nSPS) is 11.9. The number of hydrogen-bond donors (Lipinski definition) is 2. The number of rotatable bonds is 7. The number of amides is 1. The molecule has 1 amide bonds. The molecule has 0 fully saturated rings. The molecule has 0 aliphatic rings. The highest BCUT2D eigenvalue weighted by atomic mass is 16.5. The van der Waals surface area contributed by atoms with Crippen LogP contribution >= 0.6 is 0 Å². The third-order valence-electron chi connectivity index (χ3n) is 2.84. The molecule has 0 aliphatic heterocycles. The zero-order valence-corrected chi connectivity index (χ0v) is 11.0. The third-order valence-corrected chi connectivity index (χ3v) is 2.84. The van der Waals surface area contributed by atoms with Crippen LogP contribution in [-0.4, -0.2) is 30.8 Å². The summed E-state index contributed by atoms with van der Waals surface area (Å²) in [6.07, 6.45) is 1.07. The first-order chi connectivity index (χ1) is 8.67. The van der Waals surface area contributed by atoms with Gasteiger partial charge < -0.3 is 15.2 Å². The second-order valence-electron chi connectivity index (χ2n) is 4.24. The van der Waals surface area contributed by atoms with Gasteiger partial charge in [-0.25, -0.2) is 0 Å². The van der Waals surface area contributed by atoms with Crippen molar-refractivity contribution in [2.45, 2.75) is 26.2 Å². The molecule has 1 unspecified atom stereocenters. The highest BCUT2D eigenvalue weighted by Gasteiger charge is 2.05. The maximum absolute atomic E-state index is 11.3. The molecule has 0 heterocycles. The van der Waals surface area contributed by atoms with Crippen molar-refractivity contribution in [2.24, 2.45) is 0 Å². The molecule has 0 saturated carbocycles. The molecule has 100 valence electrons. The van der Waals surface area contributed by atoms with E-state index in [4.69, 9.17) is 9.84 Å². The second kappa shape index (κ2) is 7.71. The first kappa shape index (κ1) is 14.5. The van der Waals surface area contributed by atoms with Crippen LogP contribution in [0, 0.1) is 0 Å². The van der Waals surface area contributed by atoms with E-state index in [9.17, 15) is 4.79 Å². The van der Waals surface area contributed by atoms with Gasteiger partial charge in [0.2, 0.25) is 0 Å². The maximum atomic E-state index is 11.3. The quantitative estimate of drug-likeness (QED) is 0.775. The van der Waals surface area contributed by atoms with E-state index in [-0.39, 0.29) is 25.7 Å². The summed E-state index contributed by atoms with van der Waals surface area (Å²) in [5, 5.41) is 11.1. The Bertz CT molecular complexity index is 379. The van der Waals surface area contributed by atoms with Gasteiger partial charge in [-0.05, 0) is 30.0 Å². The van der Waals surface area contributed by atoms with Crippen molar-refractivity contribution in [3.63, 3.8) is 0 Å². The topological polar surface area (TPSA) is 58.6 Å². The van der Waals surface area contributed by atoms with Gasteiger partial charge in [-0.1, -0.05) is 26.0 Å². The van der Waals surface area contributed by atoms with Gasteiger partial charge in [-0.15, -0.1) is 0 Å². The van der Waals surface area contributed by atoms with E-state index in [2.05, 4.69) is 25.2 Å². The van der Waals surface area contributed by atoms with Crippen molar-refractivity contribution in [3.8, 4) is 5.75 Å². The molecule has 1 aromatic rings. The molecular formula is C14H21NO3. The van der Waals surface area contributed by atoms with Gasteiger partial charge >= 0.3 is 0 Å². The lowest BCUT2D eigenvalue weighted by atomic mass is 9.99. The van der Waals surface area contributed by atoms with Gasteiger partial charge in [0, 0.05) is 6.54 Å². The SMILES string of the molecule is CCC(C)c1cccc(OCC(=O)NCCO)c1. The molecule has 2 N–H and O–H groups in total. The average Bonchev–Trinajstić information content (AvgIpc) is 2.42. The molecular weight excluding hydrogens is 230 g/mol. The molecule has 0 aliphatic carbocycles. The summed E-state index contributed by atoms with van der Waals surface area (Å²) in [7, 11) is 0. The summed E-state index contributed by atoms with van der Waals surface area (Å²) < 4.78 is 5.41. The standard InChI is InChI=1S/C14H21NO3/c1-3-11(2)12-5-4-6-13(9-12)18-10-14(17)15-7-8-16/h4-6,9,11,16H,3,7-8,10H2,1-2H3,(H,15,17). The predicted molar refractivity (Wildman–Crippen MR) is 70.7 cm³/mol. The highest BCUT2D eigenvalue weighted by molar-refractivity contribution is 5.77. The summed E-state index contributed by atoms with van der Waals surface area (Å²) in [4.78, 5) is 11.3. The zero-order chi connectivity index (χ0) is 13.4. The minimum atomic E-state index is -0.224. The number of carbonyl (C=O) groups is 1. The van der Waals surface area contributed by atoms with Crippen molar-refractivity contribution >= 4 is 5.91 Å². The molecule has 4 nitrogen and oxygen atoms in total. The Kier molecular flexibility index (Phi) is 6.22. The largest absolute Gasteiger partial charge is 0.484 e. The molecule has 18 heavy (non-hydrogen) atoms. The van der Waals surface area contributed by atoms with Gasteiger partial charge in [0.05, 0.1) is 6.61 Å². The molecule has 0 saturated heterocycles.